The standard InChI is InChI=1S/C11H25NO3/c1-8(2)11(14)6-12-5-10(13)7-15-9(3)4/h8-14H,5-7H2,1-4H3. The van der Waals surface area contributed by atoms with Crippen molar-refractivity contribution in [3.8, 4) is 0 Å². The molecule has 4 heteroatoms. The van der Waals surface area contributed by atoms with Crippen molar-refractivity contribution in [3.63, 3.8) is 0 Å². The molecule has 0 saturated carbocycles. The molecular formula is C11H25NO3. The van der Waals surface area contributed by atoms with Crippen molar-refractivity contribution in [1.82, 2.24) is 5.32 Å². The predicted octanol–water partition coefficient (Wildman–Crippen LogP) is 0.379. The van der Waals surface area contributed by atoms with E-state index in [9.17, 15) is 10.2 Å². The van der Waals surface area contributed by atoms with E-state index in [1.54, 1.807) is 0 Å². The molecule has 0 fully saturated rings. The van der Waals surface area contributed by atoms with Crippen LogP contribution in [0.25, 0.3) is 0 Å². The quantitative estimate of drug-likeness (QED) is 0.552. The summed E-state index contributed by atoms with van der Waals surface area (Å²) in [4.78, 5) is 0. The highest BCUT2D eigenvalue weighted by atomic mass is 16.5. The molecule has 15 heavy (non-hydrogen) atoms. The third-order valence-electron chi connectivity index (χ3n) is 2.12. The number of aliphatic hydroxyl groups excluding tert-OH is 2. The second-order valence-electron chi connectivity index (χ2n) is 4.51. The highest BCUT2D eigenvalue weighted by Gasteiger charge is 2.10. The maximum atomic E-state index is 9.48. The van der Waals surface area contributed by atoms with Crippen molar-refractivity contribution >= 4 is 0 Å². The van der Waals surface area contributed by atoms with Gasteiger partial charge < -0.3 is 20.3 Å². The molecule has 0 bridgehead atoms. The van der Waals surface area contributed by atoms with Crippen LogP contribution >= 0.6 is 0 Å². The molecule has 0 aromatic heterocycles. The van der Waals surface area contributed by atoms with Crippen molar-refractivity contribution in [2.45, 2.75) is 46.0 Å². The van der Waals surface area contributed by atoms with E-state index < -0.39 is 6.10 Å². The largest absolute Gasteiger partial charge is 0.392 e. The molecule has 0 aromatic rings. The van der Waals surface area contributed by atoms with Crippen molar-refractivity contribution in [2.75, 3.05) is 19.7 Å². The number of hydrogen-bond donors (Lipinski definition) is 3. The maximum Gasteiger partial charge on any atom is 0.0897 e. The minimum Gasteiger partial charge on any atom is -0.392 e. The second-order valence-corrected chi connectivity index (χ2v) is 4.51. The Morgan fingerprint density at radius 1 is 1.07 bits per heavy atom. The average Bonchev–Trinajstić information content (AvgIpc) is 2.14. The summed E-state index contributed by atoms with van der Waals surface area (Å²) in [6.07, 6.45) is -0.726. The Hall–Kier alpha value is -0.160. The molecule has 0 aliphatic rings. The van der Waals surface area contributed by atoms with Crippen LogP contribution in [0.3, 0.4) is 0 Å². The summed E-state index contributed by atoms with van der Waals surface area (Å²) in [6, 6.07) is 0. The summed E-state index contributed by atoms with van der Waals surface area (Å²) in [5.41, 5.74) is 0. The molecule has 0 aliphatic heterocycles. The van der Waals surface area contributed by atoms with Crippen LogP contribution in [0.1, 0.15) is 27.7 Å². The third-order valence-corrected chi connectivity index (χ3v) is 2.12. The summed E-state index contributed by atoms with van der Waals surface area (Å²) in [5.74, 6) is 0.238. The van der Waals surface area contributed by atoms with Gasteiger partial charge in [-0.2, -0.15) is 0 Å². The summed E-state index contributed by atoms with van der Waals surface area (Å²) < 4.78 is 5.26. The summed E-state index contributed by atoms with van der Waals surface area (Å²) in [5, 5.41) is 22.0. The van der Waals surface area contributed by atoms with E-state index in [1.165, 1.54) is 0 Å². The molecule has 0 spiro atoms. The zero-order valence-electron chi connectivity index (χ0n) is 10.2. The normalized spacial score (nSPS) is 16.0. The van der Waals surface area contributed by atoms with Gasteiger partial charge in [0.15, 0.2) is 0 Å². The van der Waals surface area contributed by atoms with Gasteiger partial charge in [-0.15, -0.1) is 0 Å². The first kappa shape index (κ1) is 14.8. The van der Waals surface area contributed by atoms with Crippen molar-refractivity contribution in [2.24, 2.45) is 5.92 Å². The van der Waals surface area contributed by atoms with E-state index in [2.05, 4.69) is 5.32 Å². The summed E-state index contributed by atoms with van der Waals surface area (Å²) >= 11 is 0. The molecule has 2 atom stereocenters. The van der Waals surface area contributed by atoms with Gasteiger partial charge in [0.2, 0.25) is 0 Å². The lowest BCUT2D eigenvalue weighted by Crippen LogP contribution is -2.37. The molecule has 0 heterocycles. The number of hydrogen-bond acceptors (Lipinski definition) is 4. The Morgan fingerprint density at radius 2 is 1.67 bits per heavy atom. The van der Waals surface area contributed by atoms with Gasteiger partial charge >= 0.3 is 0 Å². The van der Waals surface area contributed by atoms with Crippen LogP contribution in [-0.2, 0) is 4.74 Å². The van der Waals surface area contributed by atoms with Crippen LogP contribution in [-0.4, -0.2) is 48.2 Å². The minimum atomic E-state index is -0.508. The van der Waals surface area contributed by atoms with Gasteiger partial charge in [0.25, 0.3) is 0 Å². The van der Waals surface area contributed by atoms with E-state index in [0.717, 1.165) is 0 Å². The molecule has 2 unspecified atom stereocenters. The monoisotopic (exact) mass is 219 g/mol. The molecule has 0 rings (SSSR count). The lowest BCUT2D eigenvalue weighted by molar-refractivity contribution is 0.00484. The first-order chi connectivity index (χ1) is 6.93. The summed E-state index contributed by atoms with van der Waals surface area (Å²) in [6.45, 7) is 9.09. The highest BCUT2D eigenvalue weighted by molar-refractivity contribution is 4.65. The molecule has 92 valence electrons. The van der Waals surface area contributed by atoms with Gasteiger partial charge in [0, 0.05) is 13.1 Å². The minimum absolute atomic E-state index is 0.140. The van der Waals surface area contributed by atoms with Crippen molar-refractivity contribution < 1.29 is 14.9 Å². The molecule has 4 nitrogen and oxygen atoms in total. The van der Waals surface area contributed by atoms with E-state index in [4.69, 9.17) is 4.74 Å². The number of nitrogens with one attached hydrogen (secondary N) is 1. The van der Waals surface area contributed by atoms with Gasteiger partial charge in [-0.25, -0.2) is 0 Å². The third kappa shape index (κ3) is 8.81. The van der Waals surface area contributed by atoms with E-state index in [0.29, 0.717) is 19.7 Å². The molecule has 0 radical (unpaired) electrons. The molecule has 0 aliphatic carbocycles. The summed E-state index contributed by atoms with van der Waals surface area (Å²) in [7, 11) is 0. The average molecular weight is 219 g/mol. The van der Waals surface area contributed by atoms with Crippen LogP contribution in [0.15, 0.2) is 0 Å². The number of ether oxygens (including phenoxy) is 1. The molecule has 3 N–H and O–H groups in total. The van der Waals surface area contributed by atoms with Crippen molar-refractivity contribution in [1.29, 1.82) is 0 Å². The predicted molar refractivity (Wildman–Crippen MR) is 60.8 cm³/mol. The van der Waals surface area contributed by atoms with Gasteiger partial charge in [-0.3, -0.25) is 0 Å². The van der Waals surface area contributed by atoms with Crippen LogP contribution < -0.4 is 5.32 Å². The van der Waals surface area contributed by atoms with Crippen LogP contribution in [0.4, 0.5) is 0 Å². The van der Waals surface area contributed by atoms with Gasteiger partial charge in [-0.1, -0.05) is 13.8 Å². The lowest BCUT2D eigenvalue weighted by Gasteiger charge is -2.17. The fraction of sp³-hybridized carbons (Fsp3) is 1.00. The topological polar surface area (TPSA) is 61.7 Å². The lowest BCUT2D eigenvalue weighted by atomic mass is 10.1. The van der Waals surface area contributed by atoms with Gasteiger partial charge in [0.05, 0.1) is 24.9 Å². The molecule has 0 aromatic carbocycles. The molecule has 0 amide bonds. The smallest absolute Gasteiger partial charge is 0.0897 e. The van der Waals surface area contributed by atoms with Gasteiger partial charge in [-0.05, 0) is 19.8 Å². The van der Waals surface area contributed by atoms with E-state index in [1.807, 2.05) is 27.7 Å². The Morgan fingerprint density at radius 3 is 2.13 bits per heavy atom. The van der Waals surface area contributed by atoms with Crippen LogP contribution in [0, 0.1) is 5.92 Å². The Kier molecular flexibility index (Phi) is 7.96. The first-order valence-electron chi connectivity index (χ1n) is 5.62. The SMILES string of the molecule is CC(C)OCC(O)CNCC(O)C(C)C. The molecule has 0 saturated heterocycles. The van der Waals surface area contributed by atoms with E-state index >= 15 is 0 Å². The fourth-order valence-electron chi connectivity index (χ4n) is 0.996. The highest BCUT2D eigenvalue weighted by Crippen LogP contribution is 1.98. The van der Waals surface area contributed by atoms with Crippen molar-refractivity contribution in [3.05, 3.63) is 0 Å². The van der Waals surface area contributed by atoms with Gasteiger partial charge in [0.1, 0.15) is 0 Å². The fourth-order valence-corrected chi connectivity index (χ4v) is 0.996. The van der Waals surface area contributed by atoms with Crippen LogP contribution in [0.5, 0.6) is 0 Å². The zero-order valence-corrected chi connectivity index (χ0v) is 10.2. The molecular weight excluding hydrogens is 194 g/mol. The first-order valence-corrected chi connectivity index (χ1v) is 5.62. The Bertz CT molecular complexity index is 151. The number of rotatable bonds is 8. The zero-order chi connectivity index (χ0) is 11.8. The Balaban J connectivity index is 3.42. The van der Waals surface area contributed by atoms with E-state index in [-0.39, 0.29) is 18.1 Å². The maximum absolute atomic E-state index is 9.48. The second kappa shape index (κ2) is 8.05. The van der Waals surface area contributed by atoms with Crippen LogP contribution in [0.2, 0.25) is 0 Å². The number of aliphatic hydroxyl groups is 2. The Labute approximate surface area is 92.6 Å².